The molecule has 0 unspecified atom stereocenters. The van der Waals surface area contributed by atoms with Crippen LogP contribution >= 0.6 is 0 Å². The number of ether oxygens (including phenoxy) is 1. The molecule has 0 bridgehead atoms. The fraction of sp³-hybridized carbons (Fsp3) is 0.394. The molecule has 4 rings (SSSR count). The van der Waals surface area contributed by atoms with Gasteiger partial charge in [0.25, 0.3) is 0 Å². The van der Waals surface area contributed by atoms with E-state index in [-0.39, 0.29) is 16.9 Å². The first-order valence-electron chi connectivity index (χ1n) is 13.6. The molecule has 0 atom stereocenters. The van der Waals surface area contributed by atoms with Crippen LogP contribution < -0.4 is 4.74 Å². The number of aryl methyl sites for hydroxylation is 1. The van der Waals surface area contributed by atoms with Gasteiger partial charge >= 0.3 is 0 Å². The third-order valence-electron chi connectivity index (χ3n) is 7.48. The van der Waals surface area contributed by atoms with Gasteiger partial charge in [-0.25, -0.2) is 13.2 Å². The van der Waals surface area contributed by atoms with Gasteiger partial charge in [0.15, 0.2) is 23.2 Å². The number of rotatable bonds is 10. The lowest BCUT2D eigenvalue weighted by molar-refractivity contribution is 0.290. The molecule has 0 spiro atoms. The predicted molar refractivity (Wildman–Crippen MR) is 146 cm³/mol. The molecule has 3 aromatic carbocycles. The van der Waals surface area contributed by atoms with Gasteiger partial charge in [-0.1, -0.05) is 86.4 Å². The van der Waals surface area contributed by atoms with Crippen LogP contribution in [0.5, 0.6) is 5.75 Å². The highest BCUT2D eigenvalue weighted by Gasteiger charge is 2.22. The van der Waals surface area contributed by atoms with E-state index in [1.807, 2.05) is 43.3 Å². The summed E-state index contributed by atoms with van der Waals surface area (Å²) < 4.78 is 49.8. The van der Waals surface area contributed by atoms with Crippen LogP contribution in [0.3, 0.4) is 0 Å². The molecule has 1 fully saturated rings. The second kappa shape index (κ2) is 13.0. The highest BCUT2D eigenvalue weighted by atomic mass is 19.2. The largest absolute Gasteiger partial charge is 0.491 e. The average molecular weight is 507 g/mol. The molecule has 0 radical (unpaired) electrons. The van der Waals surface area contributed by atoms with Crippen molar-refractivity contribution < 1.29 is 17.9 Å². The van der Waals surface area contributed by atoms with Crippen molar-refractivity contribution in [1.29, 1.82) is 0 Å². The molecule has 3 aromatic rings. The Bertz CT molecular complexity index is 1190. The number of hydrogen-bond donors (Lipinski definition) is 0. The normalized spacial score (nSPS) is 17.9. The highest BCUT2D eigenvalue weighted by Crippen LogP contribution is 2.38. The molecule has 0 amide bonds. The summed E-state index contributed by atoms with van der Waals surface area (Å²) >= 11 is 0. The molecule has 0 saturated heterocycles. The van der Waals surface area contributed by atoms with E-state index < -0.39 is 11.6 Å². The Balaban J connectivity index is 1.32. The van der Waals surface area contributed by atoms with E-state index in [0.717, 1.165) is 56.1 Å². The summed E-state index contributed by atoms with van der Waals surface area (Å²) in [6.45, 7) is 4.67. The summed E-state index contributed by atoms with van der Waals surface area (Å²) in [5.41, 5.74) is 3.29. The fourth-order valence-electron chi connectivity index (χ4n) is 5.13. The lowest BCUT2D eigenvalue weighted by atomic mass is 9.78. The maximum atomic E-state index is 14.8. The minimum Gasteiger partial charge on any atom is -0.491 e. The maximum absolute atomic E-state index is 14.8. The van der Waals surface area contributed by atoms with E-state index in [0.29, 0.717) is 29.8 Å². The smallest absolute Gasteiger partial charge is 0.167 e. The monoisotopic (exact) mass is 506 g/mol. The summed E-state index contributed by atoms with van der Waals surface area (Å²) in [7, 11) is 0. The summed E-state index contributed by atoms with van der Waals surface area (Å²) in [5, 5.41) is 0. The summed E-state index contributed by atoms with van der Waals surface area (Å²) in [6.07, 6.45) is 11.8. The molecule has 1 aliphatic carbocycles. The Labute approximate surface area is 219 Å². The molecule has 0 aromatic heterocycles. The third kappa shape index (κ3) is 7.06. The summed E-state index contributed by atoms with van der Waals surface area (Å²) in [5.74, 6) is -0.982. The Kier molecular flexibility index (Phi) is 9.49. The van der Waals surface area contributed by atoms with Gasteiger partial charge in [-0.05, 0) is 74.1 Å². The summed E-state index contributed by atoms with van der Waals surface area (Å²) in [6, 6.07) is 16.1. The van der Waals surface area contributed by atoms with Crippen molar-refractivity contribution in [3.8, 4) is 16.9 Å². The molecule has 0 heterocycles. The van der Waals surface area contributed by atoms with Crippen LogP contribution in [0.25, 0.3) is 17.2 Å². The zero-order valence-electron chi connectivity index (χ0n) is 21.9. The maximum Gasteiger partial charge on any atom is 0.167 e. The van der Waals surface area contributed by atoms with E-state index in [1.54, 1.807) is 30.3 Å². The van der Waals surface area contributed by atoms with Gasteiger partial charge in [-0.3, -0.25) is 0 Å². The van der Waals surface area contributed by atoms with Gasteiger partial charge in [-0.2, -0.15) is 0 Å². The Hall–Kier alpha value is -3.01. The van der Waals surface area contributed by atoms with E-state index in [4.69, 9.17) is 4.74 Å². The van der Waals surface area contributed by atoms with Crippen LogP contribution in [0.15, 0.2) is 60.7 Å². The molecular weight excluding hydrogens is 469 g/mol. The van der Waals surface area contributed by atoms with E-state index >= 15 is 0 Å². The fourth-order valence-corrected chi connectivity index (χ4v) is 5.13. The number of hydrogen-bond acceptors (Lipinski definition) is 1. The standard InChI is InChI=1S/C33H37F3O/c1-3-4-5-6-21-37-31-20-18-28(22-30(31)34)25-14-9-24(10-15-25)11-16-27-17-19-29(33(36)32(27)35)26-12-7-23(2)8-13-26/h7-8,11-13,16-20,22,24-25H,3-6,9-10,14-15,21H2,1-2H3/b16-11+. The van der Waals surface area contributed by atoms with Gasteiger partial charge in [0.2, 0.25) is 0 Å². The third-order valence-corrected chi connectivity index (χ3v) is 7.48. The van der Waals surface area contributed by atoms with Crippen molar-refractivity contribution in [1.82, 2.24) is 0 Å². The van der Waals surface area contributed by atoms with E-state index in [1.165, 1.54) is 6.42 Å². The van der Waals surface area contributed by atoms with Gasteiger partial charge in [0.1, 0.15) is 0 Å². The summed E-state index contributed by atoms with van der Waals surface area (Å²) in [4.78, 5) is 0. The predicted octanol–water partition coefficient (Wildman–Crippen LogP) is 10.0. The number of halogens is 3. The SMILES string of the molecule is CCCCCCOc1ccc(C2CCC(/C=C/c3ccc(-c4ccc(C)cc4)c(F)c3F)CC2)cc1F. The molecule has 1 aliphatic rings. The zero-order valence-corrected chi connectivity index (χ0v) is 21.9. The first-order chi connectivity index (χ1) is 18.0. The van der Waals surface area contributed by atoms with E-state index in [9.17, 15) is 13.2 Å². The minimum absolute atomic E-state index is 0.267. The van der Waals surface area contributed by atoms with Crippen LogP contribution in [-0.4, -0.2) is 6.61 Å². The minimum atomic E-state index is -0.815. The topological polar surface area (TPSA) is 9.23 Å². The van der Waals surface area contributed by atoms with Crippen molar-refractivity contribution >= 4 is 6.08 Å². The molecular formula is C33H37F3O. The van der Waals surface area contributed by atoms with Gasteiger partial charge in [0, 0.05) is 11.1 Å². The molecule has 0 aliphatic heterocycles. The molecule has 4 heteroatoms. The van der Waals surface area contributed by atoms with Crippen molar-refractivity contribution in [2.45, 2.75) is 71.1 Å². The quantitative estimate of drug-likeness (QED) is 0.249. The van der Waals surface area contributed by atoms with Crippen molar-refractivity contribution in [3.63, 3.8) is 0 Å². The second-order valence-corrected chi connectivity index (χ2v) is 10.3. The van der Waals surface area contributed by atoms with Crippen LogP contribution in [0.1, 0.15) is 80.9 Å². The number of allylic oxidation sites excluding steroid dienone is 1. The lowest BCUT2D eigenvalue weighted by Gasteiger charge is -2.27. The van der Waals surface area contributed by atoms with E-state index in [2.05, 4.69) is 6.92 Å². The van der Waals surface area contributed by atoms with Crippen LogP contribution in [-0.2, 0) is 0 Å². The Morgan fingerprint density at radius 1 is 0.838 bits per heavy atom. The first-order valence-corrected chi connectivity index (χ1v) is 13.6. The highest BCUT2D eigenvalue weighted by molar-refractivity contribution is 5.67. The van der Waals surface area contributed by atoms with Crippen LogP contribution in [0.4, 0.5) is 13.2 Å². The average Bonchev–Trinajstić information content (AvgIpc) is 2.91. The Morgan fingerprint density at radius 3 is 2.30 bits per heavy atom. The molecule has 0 N–H and O–H groups in total. The molecule has 1 nitrogen and oxygen atoms in total. The van der Waals surface area contributed by atoms with Crippen LogP contribution in [0.2, 0.25) is 0 Å². The lowest BCUT2D eigenvalue weighted by Crippen LogP contribution is -2.12. The zero-order chi connectivity index (χ0) is 26.2. The first kappa shape index (κ1) is 27.0. The van der Waals surface area contributed by atoms with Crippen molar-refractivity contribution in [2.75, 3.05) is 6.61 Å². The molecule has 196 valence electrons. The van der Waals surface area contributed by atoms with Gasteiger partial charge in [0.05, 0.1) is 6.61 Å². The molecule has 1 saturated carbocycles. The number of unbranched alkanes of at least 4 members (excludes halogenated alkanes) is 3. The molecule has 37 heavy (non-hydrogen) atoms. The Morgan fingerprint density at radius 2 is 1.59 bits per heavy atom. The van der Waals surface area contributed by atoms with Gasteiger partial charge in [-0.15, -0.1) is 0 Å². The van der Waals surface area contributed by atoms with Crippen LogP contribution in [0, 0.1) is 30.3 Å². The number of benzene rings is 3. The van der Waals surface area contributed by atoms with Gasteiger partial charge < -0.3 is 4.74 Å². The van der Waals surface area contributed by atoms with Crippen molar-refractivity contribution in [2.24, 2.45) is 5.92 Å². The second-order valence-electron chi connectivity index (χ2n) is 10.3. The van der Waals surface area contributed by atoms with Crippen molar-refractivity contribution in [3.05, 3.63) is 94.8 Å².